The maximum Gasteiger partial charge on any atom is 0.408 e. The van der Waals surface area contributed by atoms with Crippen molar-refractivity contribution in [3.8, 4) is 0 Å². The maximum atomic E-state index is 14.3. The van der Waals surface area contributed by atoms with Gasteiger partial charge in [-0.3, -0.25) is 14.4 Å². The van der Waals surface area contributed by atoms with Crippen molar-refractivity contribution in [2.45, 2.75) is 104 Å². The number of primary amides is 1. The van der Waals surface area contributed by atoms with Gasteiger partial charge < -0.3 is 30.7 Å². The summed E-state index contributed by atoms with van der Waals surface area (Å²) in [6, 6.07) is 12.5. The van der Waals surface area contributed by atoms with Gasteiger partial charge in [-0.25, -0.2) is 9.59 Å². The molecule has 3 unspecified atom stereocenters. The van der Waals surface area contributed by atoms with Gasteiger partial charge in [0.2, 0.25) is 17.7 Å². The van der Waals surface area contributed by atoms with Gasteiger partial charge in [0.1, 0.15) is 29.3 Å². The van der Waals surface area contributed by atoms with Crippen LogP contribution in [0.15, 0.2) is 54.6 Å². The van der Waals surface area contributed by atoms with Gasteiger partial charge in [-0.15, -0.1) is 0 Å². The minimum absolute atomic E-state index is 0.0896. The number of aryl methyl sites for hydroxylation is 1. The van der Waals surface area contributed by atoms with Crippen LogP contribution in [-0.2, 0) is 35.1 Å². The first-order chi connectivity index (χ1) is 20.9. The first-order valence-electron chi connectivity index (χ1n) is 15.1. The molecule has 0 aliphatic carbocycles. The summed E-state index contributed by atoms with van der Waals surface area (Å²) in [5.74, 6) is -2.80. The normalized spacial score (nSPS) is 13.5. The number of esters is 1. The number of rotatable bonds is 13. The molecule has 0 aliphatic heterocycles. The summed E-state index contributed by atoms with van der Waals surface area (Å²) in [6.07, 6.45) is -0.844. The SMILES string of the molecule is CCCN(C(=O)C(CC(N)=O)NC(=O)OC(C)(C)C)C(C(=O)NC(Cc1ccccc1)C(=O)OC(C)(C)C)c1ccccc1C. The second-order valence-corrected chi connectivity index (χ2v) is 12.9. The van der Waals surface area contributed by atoms with Crippen LogP contribution >= 0.6 is 0 Å². The topological polar surface area (TPSA) is 157 Å². The summed E-state index contributed by atoms with van der Waals surface area (Å²) in [7, 11) is 0. The van der Waals surface area contributed by atoms with Gasteiger partial charge in [-0.1, -0.05) is 61.5 Å². The Morgan fingerprint density at radius 2 is 1.40 bits per heavy atom. The van der Waals surface area contributed by atoms with Gasteiger partial charge in [-0.05, 0) is 71.6 Å². The predicted molar refractivity (Wildman–Crippen MR) is 171 cm³/mol. The van der Waals surface area contributed by atoms with Crippen LogP contribution in [0.25, 0.3) is 0 Å². The van der Waals surface area contributed by atoms with Gasteiger partial charge in [-0.2, -0.15) is 0 Å². The number of hydrogen-bond donors (Lipinski definition) is 3. The smallest absolute Gasteiger partial charge is 0.408 e. The number of hydrogen-bond acceptors (Lipinski definition) is 7. The third kappa shape index (κ3) is 12.2. The molecule has 0 heterocycles. The average Bonchev–Trinajstić information content (AvgIpc) is 2.91. The zero-order chi connectivity index (χ0) is 33.9. The highest BCUT2D eigenvalue weighted by atomic mass is 16.6. The van der Waals surface area contributed by atoms with Gasteiger partial charge >= 0.3 is 12.1 Å². The predicted octanol–water partition coefficient (Wildman–Crippen LogP) is 4.11. The Bertz CT molecular complexity index is 1330. The minimum atomic E-state index is -1.41. The van der Waals surface area contributed by atoms with Crippen LogP contribution in [0, 0.1) is 6.92 Å². The van der Waals surface area contributed by atoms with Crippen molar-refractivity contribution < 1.29 is 33.4 Å². The monoisotopic (exact) mass is 624 g/mol. The van der Waals surface area contributed by atoms with Crippen LogP contribution < -0.4 is 16.4 Å². The van der Waals surface area contributed by atoms with Crippen LogP contribution in [0.1, 0.15) is 84.0 Å². The molecule has 0 saturated heterocycles. The summed E-state index contributed by atoms with van der Waals surface area (Å²) >= 11 is 0. The van der Waals surface area contributed by atoms with Crippen LogP contribution in [0.2, 0.25) is 0 Å². The largest absolute Gasteiger partial charge is 0.458 e. The molecule has 45 heavy (non-hydrogen) atoms. The standard InChI is InChI=1S/C34H48N4O7/c1-9-19-38(30(41)25(21-27(35)39)37-32(43)45-34(6,7)8)28(24-18-14-13-15-22(24)2)29(40)36-26(31(42)44-33(3,4)5)20-23-16-11-10-12-17-23/h10-18,25-26,28H,9,19-21H2,1-8H3,(H2,35,39)(H,36,40)(H,37,43). The molecule has 11 nitrogen and oxygen atoms in total. The molecular weight excluding hydrogens is 576 g/mol. The van der Waals surface area contributed by atoms with Gasteiger partial charge in [0.25, 0.3) is 0 Å². The molecule has 2 rings (SSSR count). The molecule has 4 amide bonds. The molecular formula is C34H48N4O7. The lowest BCUT2D eigenvalue weighted by Gasteiger charge is -2.35. The van der Waals surface area contributed by atoms with E-state index in [1.54, 1.807) is 72.7 Å². The van der Waals surface area contributed by atoms with E-state index in [0.29, 0.717) is 12.0 Å². The molecule has 0 spiro atoms. The molecule has 0 fully saturated rings. The Morgan fingerprint density at radius 1 is 0.822 bits per heavy atom. The van der Waals surface area contributed by atoms with E-state index in [9.17, 15) is 24.0 Å². The maximum absolute atomic E-state index is 14.3. The zero-order valence-corrected chi connectivity index (χ0v) is 27.6. The summed E-state index contributed by atoms with van der Waals surface area (Å²) < 4.78 is 11.0. The van der Waals surface area contributed by atoms with Gasteiger partial charge in [0.15, 0.2) is 0 Å². The molecule has 2 aromatic rings. The van der Waals surface area contributed by atoms with Crippen LogP contribution in [0.3, 0.4) is 0 Å². The molecule has 0 aliphatic rings. The Labute approximate surface area is 266 Å². The fraction of sp³-hybridized carbons (Fsp3) is 0.500. The molecule has 11 heteroatoms. The molecule has 0 bridgehead atoms. The lowest BCUT2D eigenvalue weighted by molar-refractivity contribution is -0.159. The van der Waals surface area contributed by atoms with Crippen molar-refractivity contribution in [3.05, 3.63) is 71.3 Å². The van der Waals surface area contributed by atoms with Crippen molar-refractivity contribution in [1.82, 2.24) is 15.5 Å². The van der Waals surface area contributed by atoms with Crippen LogP contribution in [-0.4, -0.2) is 64.5 Å². The first-order valence-corrected chi connectivity index (χ1v) is 15.1. The third-order valence-corrected chi connectivity index (χ3v) is 6.48. The number of alkyl carbamates (subject to hydrolysis) is 1. The van der Waals surface area contributed by atoms with Crippen LogP contribution in [0.5, 0.6) is 0 Å². The molecule has 246 valence electrons. The lowest BCUT2D eigenvalue weighted by Crippen LogP contribution is -2.56. The number of ether oxygens (including phenoxy) is 2. The molecule has 0 radical (unpaired) electrons. The fourth-order valence-corrected chi connectivity index (χ4v) is 4.67. The number of amides is 4. The van der Waals surface area contributed by atoms with Crippen molar-refractivity contribution in [1.29, 1.82) is 0 Å². The van der Waals surface area contributed by atoms with E-state index in [0.717, 1.165) is 11.1 Å². The number of nitrogens with two attached hydrogens (primary N) is 1. The number of nitrogens with zero attached hydrogens (tertiary/aromatic N) is 1. The van der Waals surface area contributed by atoms with Gasteiger partial charge in [0.05, 0.1) is 6.42 Å². The molecule has 3 atom stereocenters. The van der Waals surface area contributed by atoms with E-state index in [1.807, 2.05) is 37.3 Å². The number of nitrogens with one attached hydrogen (secondary N) is 2. The van der Waals surface area contributed by atoms with Crippen molar-refractivity contribution in [3.63, 3.8) is 0 Å². The Hall–Kier alpha value is -4.41. The second kappa shape index (κ2) is 16.1. The van der Waals surface area contributed by atoms with E-state index in [-0.39, 0.29) is 13.0 Å². The van der Waals surface area contributed by atoms with Gasteiger partial charge in [0, 0.05) is 13.0 Å². The Balaban J connectivity index is 2.59. The Kier molecular flexibility index (Phi) is 13.1. The summed E-state index contributed by atoms with van der Waals surface area (Å²) in [5, 5.41) is 5.31. The highest BCUT2D eigenvalue weighted by Crippen LogP contribution is 2.27. The number of carbonyl (C=O) groups excluding carboxylic acids is 5. The van der Waals surface area contributed by atoms with Crippen LogP contribution in [0.4, 0.5) is 4.79 Å². The van der Waals surface area contributed by atoms with Crippen molar-refractivity contribution in [2.24, 2.45) is 5.73 Å². The molecule has 2 aromatic carbocycles. The van der Waals surface area contributed by atoms with Crippen molar-refractivity contribution >= 4 is 29.8 Å². The average molecular weight is 625 g/mol. The quantitative estimate of drug-likeness (QED) is 0.283. The van der Waals surface area contributed by atoms with E-state index in [4.69, 9.17) is 15.2 Å². The number of benzene rings is 2. The van der Waals surface area contributed by atoms with Crippen molar-refractivity contribution in [2.75, 3.05) is 6.54 Å². The first kappa shape index (κ1) is 36.8. The molecule has 0 aromatic heterocycles. The second-order valence-electron chi connectivity index (χ2n) is 12.9. The number of carbonyl (C=O) groups is 5. The van der Waals surface area contributed by atoms with E-state index in [1.165, 1.54) is 4.90 Å². The van der Waals surface area contributed by atoms with E-state index >= 15 is 0 Å². The Morgan fingerprint density at radius 3 is 1.93 bits per heavy atom. The van der Waals surface area contributed by atoms with E-state index < -0.39 is 65.5 Å². The zero-order valence-electron chi connectivity index (χ0n) is 27.6. The lowest BCUT2D eigenvalue weighted by atomic mass is 9.96. The van der Waals surface area contributed by atoms with E-state index in [2.05, 4.69) is 10.6 Å². The molecule has 0 saturated carbocycles. The highest BCUT2D eigenvalue weighted by molar-refractivity contribution is 5.95. The minimum Gasteiger partial charge on any atom is -0.458 e. The third-order valence-electron chi connectivity index (χ3n) is 6.48. The summed E-state index contributed by atoms with van der Waals surface area (Å²) in [5.41, 5.74) is 5.81. The summed E-state index contributed by atoms with van der Waals surface area (Å²) in [4.78, 5) is 67.9. The molecule has 4 N–H and O–H groups in total. The fourth-order valence-electron chi connectivity index (χ4n) is 4.67. The summed E-state index contributed by atoms with van der Waals surface area (Å²) in [6.45, 7) is 13.9. The highest BCUT2D eigenvalue weighted by Gasteiger charge is 2.39.